The molecule has 1 aliphatic rings. The molecule has 0 unspecified atom stereocenters. The largest absolute Gasteiger partial charge is 0.420 e. The van der Waals surface area contributed by atoms with Crippen LogP contribution in [0.4, 0.5) is 0 Å². The van der Waals surface area contributed by atoms with E-state index in [1.54, 1.807) is 0 Å². The fourth-order valence-electron chi connectivity index (χ4n) is 3.28. The van der Waals surface area contributed by atoms with Crippen molar-refractivity contribution < 1.29 is 9.15 Å². The number of rotatable bonds is 3. The molecule has 1 aliphatic heterocycles. The summed E-state index contributed by atoms with van der Waals surface area (Å²) in [6.45, 7) is 1.29. The molecular formula is C19H17ClN2O2. The van der Waals surface area contributed by atoms with Crippen LogP contribution < -0.4 is 0 Å². The topological polar surface area (TPSA) is 48.2 Å². The molecule has 0 aliphatic carbocycles. The molecule has 1 saturated heterocycles. The average Bonchev–Trinajstić information content (AvgIpc) is 3.14. The number of aromatic nitrogens is 2. The Bertz CT molecular complexity index is 826. The van der Waals surface area contributed by atoms with E-state index >= 15 is 0 Å². The van der Waals surface area contributed by atoms with Gasteiger partial charge < -0.3 is 9.15 Å². The third-order valence-electron chi connectivity index (χ3n) is 4.59. The normalized spacial score (nSPS) is 16.9. The molecule has 2 aromatic carbocycles. The molecule has 3 aromatic rings. The predicted octanol–water partition coefficient (Wildman–Crippen LogP) is 4.49. The molecule has 4 nitrogen and oxygen atoms in total. The van der Waals surface area contributed by atoms with Crippen LogP contribution in [0, 0.1) is 0 Å². The van der Waals surface area contributed by atoms with Gasteiger partial charge in [0.1, 0.15) is 0 Å². The molecule has 5 heteroatoms. The maximum Gasteiger partial charge on any atom is 0.247 e. The lowest BCUT2D eigenvalue weighted by molar-refractivity contribution is 0.0546. The number of ether oxygens (including phenoxy) is 1. The summed E-state index contributed by atoms with van der Waals surface area (Å²) in [6.07, 6.45) is 1.54. The second kappa shape index (κ2) is 6.38. The van der Waals surface area contributed by atoms with Gasteiger partial charge in [0.15, 0.2) is 0 Å². The zero-order chi connectivity index (χ0) is 16.4. The Labute approximate surface area is 145 Å². The smallest absolute Gasteiger partial charge is 0.247 e. The first kappa shape index (κ1) is 15.4. The predicted molar refractivity (Wildman–Crippen MR) is 92.0 cm³/mol. The van der Waals surface area contributed by atoms with Crippen LogP contribution in [0.15, 0.2) is 59.0 Å². The SMILES string of the molecule is Clc1ccccc1C1(c2nnc(-c3ccccc3)o2)CCOCC1. The molecule has 24 heavy (non-hydrogen) atoms. The summed E-state index contributed by atoms with van der Waals surface area (Å²) >= 11 is 6.49. The van der Waals surface area contributed by atoms with Crippen LogP contribution in [0.1, 0.15) is 24.3 Å². The van der Waals surface area contributed by atoms with Crippen LogP contribution in [0.2, 0.25) is 5.02 Å². The van der Waals surface area contributed by atoms with Crippen LogP contribution in [0.5, 0.6) is 0 Å². The summed E-state index contributed by atoms with van der Waals surface area (Å²) in [5.41, 5.74) is 1.55. The van der Waals surface area contributed by atoms with Crippen molar-refractivity contribution >= 4 is 11.6 Å². The van der Waals surface area contributed by atoms with Gasteiger partial charge in [0.05, 0.1) is 5.41 Å². The molecular weight excluding hydrogens is 324 g/mol. The molecule has 0 amide bonds. The second-order valence-corrected chi connectivity index (χ2v) is 6.36. The lowest BCUT2D eigenvalue weighted by Gasteiger charge is -2.35. The fraction of sp³-hybridized carbons (Fsp3) is 0.263. The van der Waals surface area contributed by atoms with Gasteiger partial charge >= 0.3 is 0 Å². The Hall–Kier alpha value is -2.17. The summed E-state index contributed by atoms with van der Waals surface area (Å²) in [5.74, 6) is 1.14. The maximum absolute atomic E-state index is 6.49. The zero-order valence-electron chi connectivity index (χ0n) is 13.1. The molecule has 1 fully saturated rings. The monoisotopic (exact) mass is 340 g/mol. The van der Waals surface area contributed by atoms with E-state index < -0.39 is 5.41 Å². The summed E-state index contributed by atoms with van der Waals surface area (Å²) < 4.78 is 11.7. The van der Waals surface area contributed by atoms with Gasteiger partial charge in [-0.1, -0.05) is 48.0 Å². The van der Waals surface area contributed by atoms with Crippen molar-refractivity contribution in [3.8, 4) is 11.5 Å². The molecule has 0 radical (unpaired) electrons. The van der Waals surface area contributed by atoms with Crippen LogP contribution >= 0.6 is 11.6 Å². The van der Waals surface area contributed by atoms with E-state index in [1.165, 1.54) is 0 Å². The molecule has 4 rings (SSSR count). The molecule has 0 bridgehead atoms. The van der Waals surface area contributed by atoms with Crippen molar-refractivity contribution in [1.29, 1.82) is 0 Å². The summed E-state index contributed by atoms with van der Waals surface area (Å²) in [4.78, 5) is 0. The minimum atomic E-state index is -0.392. The third kappa shape index (κ3) is 2.62. The Kier molecular flexibility index (Phi) is 4.08. The first-order valence-corrected chi connectivity index (χ1v) is 8.39. The average molecular weight is 341 g/mol. The highest BCUT2D eigenvalue weighted by Crippen LogP contribution is 2.43. The lowest BCUT2D eigenvalue weighted by Crippen LogP contribution is -2.35. The molecule has 0 saturated carbocycles. The summed E-state index contributed by atoms with van der Waals surface area (Å²) in [7, 11) is 0. The Morgan fingerprint density at radius 2 is 1.58 bits per heavy atom. The highest BCUT2D eigenvalue weighted by molar-refractivity contribution is 6.31. The number of nitrogens with zero attached hydrogens (tertiary/aromatic N) is 2. The first-order valence-electron chi connectivity index (χ1n) is 8.02. The highest BCUT2D eigenvalue weighted by atomic mass is 35.5. The summed E-state index contributed by atoms with van der Waals surface area (Å²) in [6, 6.07) is 17.7. The highest BCUT2D eigenvalue weighted by Gasteiger charge is 2.42. The van der Waals surface area contributed by atoms with Gasteiger partial charge in [-0.3, -0.25) is 0 Å². The quantitative estimate of drug-likeness (QED) is 0.705. The van der Waals surface area contributed by atoms with Crippen LogP contribution in [-0.4, -0.2) is 23.4 Å². The molecule has 2 heterocycles. The first-order chi connectivity index (χ1) is 11.8. The van der Waals surface area contributed by atoms with Crippen molar-refractivity contribution in [1.82, 2.24) is 10.2 Å². The van der Waals surface area contributed by atoms with E-state index in [9.17, 15) is 0 Å². The molecule has 1 aromatic heterocycles. The summed E-state index contributed by atoms with van der Waals surface area (Å²) in [5, 5.41) is 9.36. The van der Waals surface area contributed by atoms with Gasteiger partial charge in [-0.15, -0.1) is 10.2 Å². The molecule has 122 valence electrons. The van der Waals surface area contributed by atoms with Crippen molar-refractivity contribution in [2.24, 2.45) is 0 Å². The molecule has 0 atom stereocenters. The molecule has 0 N–H and O–H groups in total. The standard InChI is InChI=1S/C19H17ClN2O2/c20-16-9-5-4-8-15(16)19(10-12-23-13-11-19)18-22-21-17(24-18)14-6-2-1-3-7-14/h1-9H,10-13H2. The van der Waals surface area contributed by atoms with E-state index in [-0.39, 0.29) is 0 Å². The van der Waals surface area contributed by atoms with E-state index in [1.807, 2.05) is 54.6 Å². The van der Waals surface area contributed by atoms with Crippen molar-refractivity contribution in [2.45, 2.75) is 18.3 Å². The zero-order valence-corrected chi connectivity index (χ0v) is 13.9. The number of halogens is 1. The number of benzene rings is 2. The van der Waals surface area contributed by atoms with E-state index in [0.717, 1.165) is 29.0 Å². The van der Waals surface area contributed by atoms with Crippen LogP contribution in [-0.2, 0) is 10.2 Å². The van der Waals surface area contributed by atoms with Crippen molar-refractivity contribution in [3.05, 3.63) is 71.1 Å². The van der Waals surface area contributed by atoms with Gasteiger partial charge in [-0.05, 0) is 36.6 Å². The van der Waals surface area contributed by atoms with Gasteiger partial charge in [0, 0.05) is 23.8 Å². The van der Waals surface area contributed by atoms with Crippen molar-refractivity contribution in [2.75, 3.05) is 13.2 Å². The Balaban J connectivity index is 1.81. The Morgan fingerprint density at radius 1 is 0.875 bits per heavy atom. The van der Waals surface area contributed by atoms with E-state index in [0.29, 0.717) is 25.0 Å². The van der Waals surface area contributed by atoms with Crippen molar-refractivity contribution in [3.63, 3.8) is 0 Å². The van der Waals surface area contributed by atoms with E-state index in [4.69, 9.17) is 20.8 Å². The second-order valence-electron chi connectivity index (χ2n) is 5.95. The Morgan fingerprint density at radius 3 is 2.33 bits per heavy atom. The van der Waals surface area contributed by atoms with Gasteiger partial charge in [0.25, 0.3) is 0 Å². The van der Waals surface area contributed by atoms with Gasteiger partial charge in [-0.2, -0.15) is 0 Å². The van der Waals surface area contributed by atoms with Crippen LogP contribution in [0.25, 0.3) is 11.5 Å². The number of hydrogen-bond donors (Lipinski definition) is 0. The minimum absolute atomic E-state index is 0.392. The maximum atomic E-state index is 6.49. The van der Waals surface area contributed by atoms with E-state index in [2.05, 4.69) is 10.2 Å². The van der Waals surface area contributed by atoms with Crippen LogP contribution in [0.3, 0.4) is 0 Å². The van der Waals surface area contributed by atoms with Gasteiger partial charge in [0.2, 0.25) is 11.8 Å². The third-order valence-corrected chi connectivity index (χ3v) is 4.92. The fourth-order valence-corrected chi connectivity index (χ4v) is 3.60. The number of hydrogen-bond acceptors (Lipinski definition) is 4. The molecule has 0 spiro atoms. The minimum Gasteiger partial charge on any atom is -0.420 e. The lowest BCUT2D eigenvalue weighted by atomic mass is 9.74. The van der Waals surface area contributed by atoms with Gasteiger partial charge in [-0.25, -0.2) is 0 Å².